The van der Waals surface area contributed by atoms with E-state index < -0.39 is 24.1 Å². The quantitative estimate of drug-likeness (QED) is 0.344. The number of hydrogen-bond donors (Lipinski definition) is 4. The van der Waals surface area contributed by atoms with E-state index in [0.717, 1.165) is 24.3 Å². The topological polar surface area (TPSA) is 117 Å². The molecule has 2 aromatic heterocycles. The number of urea groups is 1. The summed E-state index contributed by atoms with van der Waals surface area (Å²) in [5, 5.41) is 12.3. The summed E-state index contributed by atoms with van der Waals surface area (Å²) in [5.74, 6) is -0.811. The summed E-state index contributed by atoms with van der Waals surface area (Å²) in [6.07, 6.45) is -2.03. The number of aromatic nitrogens is 2. The van der Waals surface area contributed by atoms with Gasteiger partial charge in [-0.25, -0.2) is 14.2 Å². The van der Waals surface area contributed by atoms with Crippen molar-refractivity contribution in [1.29, 1.82) is 5.41 Å². The monoisotopic (exact) mass is 446 g/mol. The summed E-state index contributed by atoms with van der Waals surface area (Å²) in [7, 11) is 0. The Labute approximate surface area is 180 Å². The number of hydrogen-bond acceptors (Lipinski definition) is 5. The molecule has 0 aliphatic carbocycles. The van der Waals surface area contributed by atoms with Gasteiger partial charge in [0.05, 0.1) is 5.71 Å². The van der Waals surface area contributed by atoms with Gasteiger partial charge < -0.3 is 11.1 Å². The van der Waals surface area contributed by atoms with Gasteiger partial charge in [0.2, 0.25) is 0 Å². The molecule has 3 aromatic rings. The normalized spacial score (nSPS) is 12.2. The molecule has 11 heteroatoms. The maximum atomic E-state index is 13.4. The summed E-state index contributed by atoms with van der Waals surface area (Å²) in [6, 6.07) is 4.62. The van der Waals surface area contributed by atoms with Gasteiger partial charge in [-0.2, -0.15) is 13.2 Å². The van der Waals surface area contributed by atoms with Crippen molar-refractivity contribution in [2.75, 3.05) is 11.1 Å². The van der Waals surface area contributed by atoms with Crippen molar-refractivity contribution in [3.05, 3.63) is 83.1 Å². The third-order valence-corrected chi connectivity index (χ3v) is 4.44. The van der Waals surface area contributed by atoms with Gasteiger partial charge in [-0.05, 0) is 36.8 Å². The summed E-state index contributed by atoms with van der Waals surface area (Å²) < 4.78 is 53.2. The van der Waals surface area contributed by atoms with Crippen molar-refractivity contribution < 1.29 is 22.4 Å². The number of nitrogens with zero attached hydrogens (tertiary/aromatic N) is 2. The SMILES string of the molecule is Cc1cc(C(=N)c2cnc(NC(=O)NC(c3ccc(F)cc3)C(F)(F)F)cc2N)ccn1. The highest BCUT2D eigenvalue weighted by Crippen LogP contribution is 2.32. The minimum Gasteiger partial charge on any atom is -0.398 e. The van der Waals surface area contributed by atoms with Gasteiger partial charge in [-0.1, -0.05) is 12.1 Å². The molecule has 1 unspecified atom stereocenters. The highest BCUT2D eigenvalue weighted by molar-refractivity contribution is 6.13. The first-order chi connectivity index (χ1) is 15.0. The first kappa shape index (κ1) is 22.7. The second-order valence-corrected chi connectivity index (χ2v) is 6.84. The Morgan fingerprint density at radius 2 is 1.81 bits per heavy atom. The number of halogens is 4. The van der Waals surface area contributed by atoms with E-state index in [9.17, 15) is 22.4 Å². The van der Waals surface area contributed by atoms with Crippen molar-refractivity contribution >= 4 is 23.2 Å². The zero-order valence-electron chi connectivity index (χ0n) is 16.7. The molecule has 2 amide bonds. The molecule has 166 valence electrons. The van der Waals surface area contributed by atoms with E-state index in [-0.39, 0.29) is 28.3 Å². The van der Waals surface area contributed by atoms with Crippen LogP contribution in [-0.4, -0.2) is 27.9 Å². The summed E-state index contributed by atoms with van der Waals surface area (Å²) in [6.45, 7) is 1.77. The van der Waals surface area contributed by atoms with E-state index >= 15 is 0 Å². The largest absolute Gasteiger partial charge is 0.412 e. The van der Waals surface area contributed by atoms with E-state index in [4.69, 9.17) is 11.1 Å². The Balaban J connectivity index is 1.75. The fourth-order valence-electron chi connectivity index (χ4n) is 2.90. The first-order valence-corrected chi connectivity index (χ1v) is 9.22. The van der Waals surface area contributed by atoms with Crippen LogP contribution < -0.4 is 16.4 Å². The molecule has 7 nitrogen and oxygen atoms in total. The predicted octanol–water partition coefficient (Wildman–Crippen LogP) is 4.35. The number of carbonyl (C=O) groups excluding carboxylic acids is 1. The minimum absolute atomic E-state index is 0.0740. The van der Waals surface area contributed by atoms with Gasteiger partial charge in [0.1, 0.15) is 11.6 Å². The number of carbonyl (C=O) groups is 1. The van der Waals surface area contributed by atoms with E-state index in [2.05, 4.69) is 15.3 Å². The maximum absolute atomic E-state index is 13.4. The predicted molar refractivity (Wildman–Crippen MR) is 111 cm³/mol. The maximum Gasteiger partial charge on any atom is 0.412 e. The van der Waals surface area contributed by atoms with Gasteiger partial charge in [0.15, 0.2) is 6.04 Å². The molecule has 5 N–H and O–H groups in total. The summed E-state index contributed by atoms with van der Waals surface area (Å²) >= 11 is 0. The molecule has 1 atom stereocenters. The average molecular weight is 446 g/mol. The van der Waals surface area contributed by atoms with Crippen molar-refractivity contribution in [3.8, 4) is 0 Å². The number of nitrogen functional groups attached to an aromatic ring is 1. The van der Waals surface area contributed by atoms with E-state index in [0.29, 0.717) is 11.3 Å². The summed E-state index contributed by atoms with van der Waals surface area (Å²) in [4.78, 5) is 20.2. The fraction of sp³-hybridized carbons (Fsp3) is 0.143. The molecule has 1 aromatic carbocycles. The van der Waals surface area contributed by atoms with Crippen LogP contribution in [0.15, 0.2) is 54.9 Å². The van der Waals surface area contributed by atoms with Crippen LogP contribution in [0.25, 0.3) is 0 Å². The Bertz CT molecular complexity index is 1150. The number of nitrogens with one attached hydrogen (secondary N) is 3. The van der Waals surface area contributed by atoms with Crippen molar-refractivity contribution in [2.45, 2.75) is 19.1 Å². The zero-order valence-corrected chi connectivity index (χ0v) is 16.7. The van der Waals surface area contributed by atoms with Gasteiger partial charge in [-0.3, -0.25) is 15.7 Å². The molecule has 32 heavy (non-hydrogen) atoms. The third-order valence-electron chi connectivity index (χ3n) is 4.44. The number of alkyl halides is 3. The number of aryl methyl sites for hydroxylation is 1. The summed E-state index contributed by atoms with van der Waals surface area (Å²) in [5.41, 5.74) is 7.34. The van der Waals surface area contributed by atoms with Crippen LogP contribution in [0, 0.1) is 18.2 Å². The smallest absolute Gasteiger partial charge is 0.398 e. The lowest BCUT2D eigenvalue weighted by Gasteiger charge is -2.22. The number of anilines is 2. The number of rotatable bonds is 5. The van der Waals surface area contributed by atoms with E-state index in [1.165, 1.54) is 12.3 Å². The first-order valence-electron chi connectivity index (χ1n) is 9.22. The molecule has 0 spiro atoms. The average Bonchev–Trinajstić information content (AvgIpc) is 2.72. The molecular weight excluding hydrogens is 428 g/mol. The lowest BCUT2D eigenvalue weighted by molar-refractivity contribution is -0.154. The van der Waals surface area contributed by atoms with Crippen LogP contribution in [0.1, 0.15) is 28.4 Å². The van der Waals surface area contributed by atoms with Crippen LogP contribution in [0.2, 0.25) is 0 Å². The second kappa shape index (κ2) is 9.00. The van der Waals surface area contributed by atoms with Crippen LogP contribution in [0.4, 0.5) is 33.9 Å². The number of benzene rings is 1. The Morgan fingerprint density at radius 1 is 1.12 bits per heavy atom. The molecule has 0 radical (unpaired) electrons. The number of pyridine rings is 2. The zero-order chi connectivity index (χ0) is 23.5. The lowest BCUT2D eigenvalue weighted by atomic mass is 10.0. The molecule has 3 rings (SSSR count). The molecule has 0 aliphatic rings. The lowest BCUT2D eigenvalue weighted by Crippen LogP contribution is -2.40. The van der Waals surface area contributed by atoms with Crippen molar-refractivity contribution in [2.24, 2.45) is 0 Å². The second-order valence-electron chi connectivity index (χ2n) is 6.84. The third kappa shape index (κ3) is 5.36. The van der Waals surface area contributed by atoms with Gasteiger partial charge in [0, 0.05) is 41.0 Å². The van der Waals surface area contributed by atoms with Crippen LogP contribution in [-0.2, 0) is 0 Å². The highest BCUT2D eigenvalue weighted by atomic mass is 19.4. The van der Waals surface area contributed by atoms with Crippen LogP contribution in [0.5, 0.6) is 0 Å². The van der Waals surface area contributed by atoms with E-state index in [1.807, 2.05) is 0 Å². The Hall–Kier alpha value is -4.02. The molecule has 0 fully saturated rings. The molecule has 0 saturated heterocycles. The Morgan fingerprint density at radius 3 is 2.41 bits per heavy atom. The van der Waals surface area contributed by atoms with E-state index in [1.54, 1.807) is 30.6 Å². The Kier molecular flexibility index (Phi) is 6.37. The van der Waals surface area contributed by atoms with Crippen LogP contribution in [0.3, 0.4) is 0 Å². The fourth-order valence-corrected chi connectivity index (χ4v) is 2.90. The number of nitrogens with two attached hydrogens (primary N) is 1. The van der Waals surface area contributed by atoms with Crippen LogP contribution >= 0.6 is 0 Å². The van der Waals surface area contributed by atoms with Crippen molar-refractivity contribution in [3.63, 3.8) is 0 Å². The highest BCUT2D eigenvalue weighted by Gasteiger charge is 2.42. The molecule has 2 heterocycles. The van der Waals surface area contributed by atoms with Gasteiger partial charge in [0.25, 0.3) is 0 Å². The van der Waals surface area contributed by atoms with Gasteiger partial charge in [-0.15, -0.1) is 0 Å². The molecule has 0 aliphatic heterocycles. The molecule has 0 saturated carbocycles. The molecular formula is C21H18F4N6O. The van der Waals surface area contributed by atoms with Crippen molar-refractivity contribution in [1.82, 2.24) is 15.3 Å². The number of amides is 2. The van der Waals surface area contributed by atoms with Gasteiger partial charge >= 0.3 is 12.2 Å². The standard InChI is InChI=1S/C21H18F4N6O/c1-11-8-13(6-7-28-11)18(27)15-10-29-17(9-16(15)26)30-20(32)31-19(21(23,24)25)12-2-4-14(22)5-3-12/h2-10,19,27H,1H3,(H4,26,29,30,31,32). The molecule has 0 bridgehead atoms. The minimum atomic E-state index is -4.82.